The van der Waals surface area contributed by atoms with Crippen LogP contribution in [0.5, 0.6) is 5.75 Å². The lowest BCUT2D eigenvalue weighted by Crippen LogP contribution is -2.23. The van der Waals surface area contributed by atoms with E-state index in [9.17, 15) is 4.79 Å². The van der Waals surface area contributed by atoms with Crippen molar-refractivity contribution < 1.29 is 9.53 Å². The number of benzene rings is 2. The standard InChI is InChI=1S/C18H13BrN2O2/c19-16-7-4-8-17(12-16)23-10-2-1-9-21-18(22)15-6-3-5-14(11-15)13-20/h3-8,11-12H,9-10H2,(H,21,22). The van der Waals surface area contributed by atoms with Crippen molar-refractivity contribution in [2.75, 3.05) is 13.2 Å². The van der Waals surface area contributed by atoms with Crippen molar-refractivity contribution in [3.63, 3.8) is 0 Å². The lowest BCUT2D eigenvalue weighted by atomic mass is 10.1. The van der Waals surface area contributed by atoms with Gasteiger partial charge in [0.1, 0.15) is 12.4 Å². The zero-order valence-electron chi connectivity index (χ0n) is 12.2. The third-order valence-electron chi connectivity index (χ3n) is 2.82. The van der Waals surface area contributed by atoms with Gasteiger partial charge in [-0.05, 0) is 36.4 Å². The molecule has 0 saturated heterocycles. The third kappa shape index (κ3) is 5.50. The Bertz CT molecular complexity index is 800. The largest absolute Gasteiger partial charge is 0.481 e. The highest BCUT2D eigenvalue weighted by molar-refractivity contribution is 9.10. The van der Waals surface area contributed by atoms with Gasteiger partial charge in [-0.2, -0.15) is 5.26 Å². The molecular weight excluding hydrogens is 356 g/mol. The molecule has 0 spiro atoms. The van der Waals surface area contributed by atoms with Crippen LogP contribution in [-0.2, 0) is 0 Å². The van der Waals surface area contributed by atoms with E-state index in [4.69, 9.17) is 10.00 Å². The summed E-state index contributed by atoms with van der Waals surface area (Å²) in [7, 11) is 0. The maximum Gasteiger partial charge on any atom is 0.252 e. The van der Waals surface area contributed by atoms with Crippen molar-refractivity contribution >= 4 is 21.8 Å². The van der Waals surface area contributed by atoms with Gasteiger partial charge >= 0.3 is 0 Å². The first-order valence-electron chi connectivity index (χ1n) is 6.81. The minimum atomic E-state index is -0.260. The fraction of sp³-hybridized carbons (Fsp3) is 0.111. The Morgan fingerprint density at radius 1 is 1.17 bits per heavy atom. The molecule has 5 heteroatoms. The minimum Gasteiger partial charge on any atom is -0.481 e. The van der Waals surface area contributed by atoms with Crippen LogP contribution in [0.4, 0.5) is 0 Å². The molecule has 0 heterocycles. The predicted octanol–water partition coefficient (Wildman–Crippen LogP) is 3.13. The van der Waals surface area contributed by atoms with Gasteiger partial charge in [0.15, 0.2) is 0 Å². The molecule has 2 aromatic rings. The summed E-state index contributed by atoms with van der Waals surface area (Å²) in [5, 5.41) is 11.5. The highest BCUT2D eigenvalue weighted by Crippen LogP contribution is 2.17. The quantitative estimate of drug-likeness (QED) is 0.843. The van der Waals surface area contributed by atoms with E-state index in [1.165, 1.54) is 0 Å². The topological polar surface area (TPSA) is 62.1 Å². The highest BCUT2D eigenvalue weighted by Gasteiger charge is 2.04. The summed E-state index contributed by atoms with van der Waals surface area (Å²) < 4.78 is 6.40. The molecule has 0 saturated carbocycles. The Balaban J connectivity index is 1.77. The van der Waals surface area contributed by atoms with Gasteiger partial charge in [-0.15, -0.1) is 0 Å². The molecule has 0 aliphatic rings. The first kappa shape index (κ1) is 16.6. The molecule has 23 heavy (non-hydrogen) atoms. The molecule has 0 unspecified atom stereocenters. The maximum atomic E-state index is 11.9. The van der Waals surface area contributed by atoms with Crippen LogP contribution in [0.2, 0.25) is 0 Å². The van der Waals surface area contributed by atoms with Crippen molar-refractivity contribution in [1.82, 2.24) is 5.32 Å². The van der Waals surface area contributed by atoms with Crippen molar-refractivity contribution in [3.8, 4) is 23.7 Å². The number of nitrogens with zero attached hydrogens (tertiary/aromatic N) is 1. The van der Waals surface area contributed by atoms with E-state index in [1.54, 1.807) is 24.3 Å². The Labute approximate surface area is 143 Å². The summed E-state index contributed by atoms with van der Waals surface area (Å²) in [5.41, 5.74) is 0.891. The van der Waals surface area contributed by atoms with Crippen LogP contribution in [0.3, 0.4) is 0 Å². The fourth-order valence-corrected chi connectivity index (χ4v) is 2.12. The van der Waals surface area contributed by atoms with Gasteiger partial charge in [-0.1, -0.05) is 39.9 Å². The Hall–Kier alpha value is -2.76. The summed E-state index contributed by atoms with van der Waals surface area (Å²) in [5.74, 6) is 6.11. The molecular formula is C18H13BrN2O2. The van der Waals surface area contributed by atoms with Crippen LogP contribution in [-0.4, -0.2) is 19.1 Å². The van der Waals surface area contributed by atoms with Crippen molar-refractivity contribution in [2.45, 2.75) is 0 Å². The number of carbonyl (C=O) groups excluding carboxylic acids is 1. The zero-order valence-corrected chi connectivity index (χ0v) is 13.8. The first-order chi connectivity index (χ1) is 11.2. The molecule has 4 nitrogen and oxygen atoms in total. The molecule has 0 radical (unpaired) electrons. The van der Waals surface area contributed by atoms with E-state index in [0.717, 1.165) is 10.2 Å². The van der Waals surface area contributed by atoms with Gasteiger partial charge < -0.3 is 10.1 Å². The van der Waals surface area contributed by atoms with Crippen molar-refractivity contribution in [3.05, 3.63) is 64.1 Å². The number of halogens is 1. The van der Waals surface area contributed by atoms with E-state index in [1.807, 2.05) is 30.3 Å². The molecule has 0 aliphatic heterocycles. The fourth-order valence-electron chi connectivity index (χ4n) is 1.75. The van der Waals surface area contributed by atoms with Crippen LogP contribution >= 0.6 is 15.9 Å². The van der Waals surface area contributed by atoms with E-state index in [0.29, 0.717) is 11.1 Å². The van der Waals surface area contributed by atoms with Crippen molar-refractivity contribution in [2.24, 2.45) is 0 Å². The van der Waals surface area contributed by atoms with E-state index in [2.05, 4.69) is 33.1 Å². The number of ether oxygens (including phenoxy) is 1. The summed E-state index contributed by atoms with van der Waals surface area (Å²) in [4.78, 5) is 11.9. The zero-order chi connectivity index (χ0) is 16.5. The Morgan fingerprint density at radius 3 is 2.78 bits per heavy atom. The van der Waals surface area contributed by atoms with Gasteiger partial charge in [0.05, 0.1) is 18.2 Å². The molecule has 0 fully saturated rings. The van der Waals surface area contributed by atoms with E-state index < -0.39 is 0 Å². The van der Waals surface area contributed by atoms with Gasteiger partial charge in [0, 0.05) is 10.0 Å². The summed E-state index contributed by atoms with van der Waals surface area (Å²) >= 11 is 3.36. The average molecular weight is 369 g/mol. The molecule has 1 amide bonds. The number of nitrogens with one attached hydrogen (secondary N) is 1. The molecule has 0 bridgehead atoms. The minimum absolute atomic E-state index is 0.220. The number of rotatable bonds is 4. The van der Waals surface area contributed by atoms with Gasteiger partial charge in [-0.3, -0.25) is 4.79 Å². The second kappa shape index (κ2) is 8.63. The molecule has 2 aromatic carbocycles. The summed E-state index contributed by atoms with van der Waals surface area (Å²) in [6, 6.07) is 16.0. The van der Waals surface area contributed by atoms with Gasteiger partial charge in [0.2, 0.25) is 0 Å². The maximum absolute atomic E-state index is 11.9. The number of carbonyl (C=O) groups is 1. The monoisotopic (exact) mass is 368 g/mol. The van der Waals surface area contributed by atoms with Crippen LogP contribution in [0.15, 0.2) is 53.0 Å². The molecule has 2 rings (SSSR count). The second-order valence-electron chi connectivity index (χ2n) is 4.47. The number of nitriles is 1. The summed E-state index contributed by atoms with van der Waals surface area (Å²) in [6.45, 7) is 0.466. The molecule has 0 aliphatic carbocycles. The first-order valence-corrected chi connectivity index (χ1v) is 7.61. The SMILES string of the molecule is N#Cc1cccc(C(=O)NCC#CCOc2cccc(Br)c2)c1. The predicted molar refractivity (Wildman–Crippen MR) is 90.9 cm³/mol. The third-order valence-corrected chi connectivity index (χ3v) is 3.32. The Kier molecular flexibility index (Phi) is 6.23. The van der Waals surface area contributed by atoms with Crippen LogP contribution in [0.1, 0.15) is 15.9 Å². The molecule has 114 valence electrons. The normalized spacial score (nSPS) is 9.22. The van der Waals surface area contributed by atoms with Gasteiger partial charge in [-0.25, -0.2) is 0 Å². The average Bonchev–Trinajstić information content (AvgIpc) is 2.58. The van der Waals surface area contributed by atoms with Crippen LogP contribution < -0.4 is 10.1 Å². The molecule has 1 N–H and O–H groups in total. The van der Waals surface area contributed by atoms with Crippen LogP contribution in [0, 0.1) is 23.2 Å². The smallest absolute Gasteiger partial charge is 0.252 e. The van der Waals surface area contributed by atoms with Crippen LogP contribution in [0.25, 0.3) is 0 Å². The van der Waals surface area contributed by atoms with Gasteiger partial charge in [0.25, 0.3) is 5.91 Å². The number of amides is 1. The molecule has 0 atom stereocenters. The lowest BCUT2D eigenvalue weighted by molar-refractivity contribution is 0.0958. The molecule has 0 aromatic heterocycles. The lowest BCUT2D eigenvalue weighted by Gasteiger charge is -2.02. The van der Waals surface area contributed by atoms with E-state index >= 15 is 0 Å². The second-order valence-corrected chi connectivity index (χ2v) is 5.39. The highest BCUT2D eigenvalue weighted by atomic mass is 79.9. The van der Waals surface area contributed by atoms with E-state index in [-0.39, 0.29) is 19.1 Å². The summed E-state index contributed by atoms with van der Waals surface area (Å²) in [6.07, 6.45) is 0. The van der Waals surface area contributed by atoms with Crippen molar-refractivity contribution in [1.29, 1.82) is 5.26 Å². The Morgan fingerprint density at radius 2 is 2.00 bits per heavy atom. The number of hydrogen-bond donors (Lipinski definition) is 1. The number of hydrogen-bond acceptors (Lipinski definition) is 3.